The summed E-state index contributed by atoms with van der Waals surface area (Å²) in [7, 11) is -1.83. The first-order chi connectivity index (χ1) is 12.8. The summed E-state index contributed by atoms with van der Waals surface area (Å²) in [4.78, 5) is 11.8. The summed E-state index contributed by atoms with van der Waals surface area (Å²) in [5.74, 6) is 0.292. The largest absolute Gasteiger partial charge is 0.484 e. The van der Waals surface area contributed by atoms with Gasteiger partial charge in [-0.3, -0.25) is 9.10 Å². The number of ether oxygens (including phenoxy) is 1. The number of hydrogen-bond donors (Lipinski definition) is 1. The SMILES string of the molecule is CN(c1ccc(OCC(=O)NCCCc2ccc(Cl)cc2)cc1)S(C)(=O)=O. The van der Waals surface area contributed by atoms with E-state index in [1.807, 2.05) is 24.3 Å². The van der Waals surface area contributed by atoms with Gasteiger partial charge in [-0.1, -0.05) is 23.7 Å². The summed E-state index contributed by atoms with van der Waals surface area (Å²) in [6.07, 6.45) is 2.81. The average Bonchev–Trinajstić information content (AvgIpc) is 2.64. The van der Waals surface area contributed by atoms with Gasteiger partial charge in [0.2, 0.25) is 10.0 Å². The van der Waals surface area contributed by atoms with Crippen LogP contribution in [-0.2, 0) is 21.2 Å². The summed E-state index contributed by atoms with van der Waals surface area (Å²) in [5, 5.41) is 3.52. The summed E-state index contributed by atoms with van der Waals surface area (Å²) in [5.41, 5.74) is 1.69. The van der Waals surface area contributed by atoms with Crippen molar-refractivity contribution in [3.05, 3.63) is 59.1 Å². The summed E-state index contributed by atoms with van der Waals surface area (Å²) in [6, 6.07) is 14.2. The third-order valence-electron chi connectivity index (χ3n) is 3.95. The minimum absolute atomic E-state index is 0.0950. The molecule has 0 atom stereocenters. The number of nitrogens with one attached hydrogen (secondary N) is 1. The molecule has 0 heterocycles. The van der Waals surface area contributed by atoms with E-state index in [-0.39, 0.29) is 12.5 Å². The van der Waals surface area contributed by atoms with Crippen LogP contribution in [0.1, 0.15) is 12.0 Å². The van der Waals surface area contributed by atoms with Crippen LogP contribution in [0.15, 0.2) is 48.5 Å². The van der Waals surface area contributed by atoms with Gasteiger partial charge in [-0.25, -0.2) is 8.42 Å². The quantitative estimate of drug-likeness (QED) is 0.645. The lowest BCUT2D eigenvalue weighted by Gasteiger charge is -2.16. The van der Waals surface area contributed by atoms with E-state index in [1.165, 1.54) is 16.9 Å². The molecule has 0 bridgehead atoms. The number of amides is 1. The van der Waals surface area contributed by atoms with Crippen LogP contribution in [0.4, 0.5) is 5.69 Å². The number of benzene rings is 2. The first-order valence-electron chi connectivity index (χ1n) is 8.43. The molecule has 8 heteroatoms. The predicted molar refractivity (Wildman–Crippen MR) is 108 cm³/mol. The fourth-order valence-electron chi connectivity index (χ4n) is 2.32. The van der Waals surface area contributed by atoms with Crippen LogP contribution in [0.25, 0.3) is 0 Å². The van der Waals surface area contributed by atoms with E-state index < -0.39 is 10.0 Å². The van der Waals surface area contributed by atoms with Gasteiger partial charge in [0.25, 0.3) is 5.91 Å². The molecule has 1 amide bonds. The molecular formula is C19H23ClN2O4S. The highest BCUT2D eigenvalue weighted by molar-refractivity contribution is 7.92. The third-order valence-corrected chi connectivity index (χ3v) is 5.40. The van der Waals surface area contributed by atoms with E-state index in [4.69, 9.17) is 16.3 Å². The van der Waals surface area contributed by atoms with E-state index in [0.717, 1.165) is 19.1 Å². The zero-order valence-corrected chi connectivity index (χ0v) is 16.9. The fraction of sp³-hybridized carbons (Fsp3) is 0.316. The molecule has 2 rings (SSSR count). The standard InChI is InChI=1S/C19H23ClN2O4S/c1-22(27(2,24)25)17-9-11-18(12-10-17)26-14-19(23)21-13-3-4-15-5-7-16(20)8-6-15/h5-12H,3-4,13-14H2,1-2H3,(H,21,23). The van der Waals surface area contributed by atoms with Crippen LogP contribution in [0, 0.1) is 0 Å². The van der Waals surface area contributed by atoms with Crippen LogP contribution < -0.4 is 14.4 Å². The van der Waals surface area contributed by atoms with Gasteiger partial charge in [-0.05, 0) is 54.8 Å². The van der Waals surface area contributed by atoms with E-state index in [9.17, 15) is 13.2 Å². The van der Waals surface area contributed by atoms with Crippen molar-refractivity contribution in [2.45, 2.75) is 12.8 Å². The number of halogens is 1. The number of carbonyl (C=O) groups excluding carboxylic acids is 1. The van der Waals surface area contributed by atoms with E-state index in [1.54, 1.807) is 24.3 Å². The van der Waals surface area contributed by atoms with Crippen molar-refractivity contribution in [3.8, 4) is 5.75 Å². The normalized spacial score (nSPS) is 11.1. The van der Waals surface area contributed by atoms with Crippen molar-refractivity contribution in [3.63, 3.8) is 0 Å². The number of hydrogen-bond acceptors (Lipinski definition) is 4. The predicted octanol–water partition coefficient (Wildman–Crippen LogP) is 2.86. The van der Waals surface area contributed by atoms with Crippen molar-refractivity contribution >= 4 is 33.2 Å². The summed E-state index contributed by atoms with van der Waals surface area (Å²) < 4.78 is 29.6. The number of anilines is 1. The number of rotatable bonds is 9. The number of sulfonamides is 1. The highest BCUT2D eigenvalue weighted by Gasteiger charge is 2.11. The number of nitrogens with zero attached hydrogens (tertiary/aromatic N) is 1. The summed E-state index contributed by atoms with van der Waals surface area (Å²) in [6.45, 7) is 0.463. The molecule has 0 unspecified atom stereocenters. The Labute approximate surface area is 165 Å². The van der Waals surface area contributed by atoms with Gasteiger partial charge >= 0.3 is 0 Å². The Morgan fingerprint density at radius 2 is 1.74 bits per heavy atom. The highest BCUT2D eigenvalue weighted by atomic mass is 35.5. The van der Waals surface area contributed by atoms with Crippen molar-refractivity contribution in [1.29, 1.82) is 0 Å². The Kier molecular flexibility index (Phi) is 7.50. The molecule has 2 aromatic rings. The Morgan fingerprint density at radius 1 is 1.11 bits per heavy atom. The van der Waals surface area contributed by atoms with Gasteiger partial charge in [0, 0.05) is 18.6 Å². The van der Waals surface area contributed by atoms with Gasteiger partial charge < -0.3 is 10.1 Å². The highest BCUT2D eigenvalue weighted by Crippen LogP contribution is 2.20. The zero-order chi connectivity index (χ0) is 19.9. The molecule has 0 aliphatic heterocycles. The van der Waals surface area contributed by atoms with Crippen LogP contribution in [0.2, 0.25) is 5.02 Å². The topological polar surface area (TPSA) is 75.7 Å². The fourth-order valence-corrected chi connectivity index (χ4v) is 2.95. The van der Waals surface area contributed by atoms with Gasteiger partial charge in [-0.2, -0.15) is 0 Å². The molecule has 146 valence electrons. The lowest BCUT2D eigenvalue weighted by Crippen LogP contribution is -2.30. The first-order valence-corrected chi connectivity index (χ1v) is 10.7. The Bertz CT molecular complexity index is 852. The third kappa shape index (κ3) is 7.11. The minimum atomic E-state index is -3.31. The van der Waals surface area contributed by atoms with Crippen LogP contribution >= 0.6 is 11.6 Å². The maximum atomic E-state index is 11.8. The molecule has 0 spiro atoms. The molecule has 1 N–H and O–H groups in total. The smallest absolute Gasteiger partial charge is 0.257 e. The maximum Gasteiger partial charge on any atom is 0.257 e. The molecule has 0 aromatic heterocycles. The molecule has 0 saturated heterocycles. The van der Waals surface area contributed by atoms with E-state index >= 15 is 0 Å². The van der Waals surface area contributed by atoms with E-state index in [0.29, 0.717) is 23.0 Å². The lowest BCUT2D eigenvalue weighted by atomic mass is 10.1. The van der Waals surface area contributed by atoms with Crippen molar-refractivity contribution in [1.82, 2.24) is 5.32 Å². The molecule has 0 aliphatic rings. The first kappa shape index (κ1) is 21.1. The van der Waals surface area contributed by atoms with Crippen LogP contribution in [-0.4, -0.2) is 40.8 Å². The second-order valence-electron chi connectivity index (χ2n) is 6.09. The van der Waals surface area contributed by atoms with E-state index in [2.05, 4.69) is 5.32 Å². The molecule has 0 saturated carbocycles. The lowest BCUT2D eigenvalue weighted by molar-refractivity contribution is -0.123. The monoisotopic (exact) mass is 410 g/mol. The van der Waals surface area contributed by atoms with Crippen LogP contribution in [0.3, 0.4) is 0 Å². The van der Waals surface area contributed by atoms with Gasteiger partial charge in [0.05, 0.1) is 11.9 Å². The second-order valence-corrected chi connectivity index (χ2v) is 8.54. The molecular weight excluding hydrogens is 388 g/mol. The molecule has 2 aromatic carbocycles. The molecule has 0 fully saturated rings. The van der Waals surface area contributed by atoms with Crippen molar-refractivity contribution < 1.29 is 17.9 Å². The van der Waals surface area contributed by atoms with Crippen molar-refractivity contribution in [2.75, 3.05) is 30.8 Å². The Hall–Kier alpha value is -2.25. The van der Waals surface area contributed by atoms with Crippen LogP contribution in [0.5, 0.6) is 5.75 Å². The van der Waals surface area contributed by atoms with Crippen molar-refractivity contribution in [2.24, 2.45) is 0 Å². The molecule has 27 heavy (non-hydrogen) atoms. The number of aryl methyl sites for hydroxylation is 1. The summed E-state index contributed by atoms with van der Waals surface area (Å²) >= 11 is 5.84. The minimum Gasteiger partial charge on any atom is -0.484 e. The Morgan fingerprint density at radius 3 is 2.33 bits per heavy atom. The van der Waals surface area contributed by atoms with Gasteiger partial charge in [-0.15, -0.1) is 0 Å². The molecule has 0 radical (unpaired) electrons. The second kappa shape index (κ2) is 9.62. The molecule has 6 nitrogen and oxygen atoms in total. The molecule has 0 aliphatic carbocycles. The Balaban J connectivity index is 1.70. The van der Waals surface area contributed by atoms with Gasteiger partial charge in [0.15, 0.2) is 6.61 Å². The zero-order valence-electron chi connectivity index (χ0n) is 15.3. The maximum absolute atomic E-state index is 11.8. The average molecular weight is 411 g/mol. The van der Waals surface area contributed by atoms with Gasteiger partial charge in [0.1, 0.15) is 5.75 Å². The number of carbonyl (C=O) groups is 1.